The van der Waals surface area contributed by atoms with Crippen molar-refractivity contribution < 1.29 is 4.52 Å². The van der Waals surface area contributed by atoms with Gasteiger partial charge in [0, 0.05) is 6.20 Å². The molecule has 3 rings (SSSR count). The highest BCUT2D eigenvalue weighted by Gasteiger charge is 2.33. The van der Waals surface area contributed by atoms with Crippen LogP contribution >= 0.6 is 0 Å². The maximum Gasteiger partial charge on any atom is 0.244 e. The van der Waals surface area contributed by atoms with Gasteiger partial charge < -0.3 is 10.3 Å². The van der Waals surface area contributed by atoms with Crippen LogP contribution in [0.4, 0.5) is 0 Å². The van der Waals surface area contributed by atoms with E-state index < -0.39 is 0 Å². The molecular weight excluding hydrogens is 206 g/mol. The lowest BCUT2D eigenvalue weighted by atomic mass is 10.2. The minimum absolute atomic E-state index is 0.136. The largest absolute Gasteiger partial charge is 0.337 e. The first-order valence-corrected chi connectivity index (χ1v) is 5.20. The number of rotatable bonds is 3. The summed E-state index contributed by atoms with van der Waals surface area (Å²) in [6.07, 6.45) is 5.38. The lowest BCUT2D eigenvalue weighted by Crippen LogP contribution is -2.12. The summed E-state index contributed by atoms with van der Waals surface area (Å²) in [5.41, 5.74) is 6.61. The van der Waals surface area contributed by atoms with Crippen molar-refractivity contribution in [3.8, 4) is 11.5 Å². The van der Waals surface area contributed by atoms with Gasteiger partial charge in [-0.05, 0) is 24.8 Å². The lowest BCUT2D eigenvalue weighted by Gasteiger charge is -2.01. The van der Waals surface area contributed by atoms with Crippen molar-refractivity contribution in [3.63, 3.8) is 0 Å². The highest BCUT2D eigenvalue weighted by molar-refractivity contribution is 5.46. The van der Waals surface area contributed by atoms with Crippen molar-refractivity contribution >= 4 is 0 Å². The molecule has 2 aromatic heterocycles. The second-order valence-electron chi connectivity index (χ2n) is 3.91. The Morgan fingerprint density at radius 2 is 2.31 bits per heavy atom. The molecule has 0 aromatic carbocycles. The monoisotopic (exact) mass is 217 g/mol. The summed E-state index contributed by atoms with van der Waals surface area (Å²) in [5, 5.41) is 3.86. The van der Waals surface area contributed by atoms with Gasteiger partial charge in [-0.3, -0.25) is 0 Å². The van der Waals surface area contributed by atoms with E-state index in [-0.39, 0.29) is 6.04 Å². The highest BCUT2D eigenvalue weighted by Crippen LogP contribution is 2.39. The predicted molar refractivity (Wildman–Crippen MR) is 55.0 cm³/mol. The van der Waals surface area contributed by atoms with Crippen molar-refractivity contribution in [2.45, 2.75) is 18.9 Å². The molecule has 2 heterocycles. The molecule has 0 aliphatic heterocycles. The molecule has 82 valence electrons. The molecule has 1 saturated carbocycles. The predicted octanol–water partition coefficient (Wildman–Crippen LogP) is 0.936. The maximum absolute atomic E-state index is 5.96. The van der Waals surface area contributed by atoms with Crippen LogP contribution in [0.25, 0.3) is 11.5 Å². The molecule has 6 heteroatoms. The zero-order valence-corrected chi connectivity index (χ0v) is 8.58. The molecule has 0 amide bonds. The summed E-state index contributed by atoms with van der Waals surface area (Å²) in [7, 11) is 0. The normalized spacial score (nSPS) is 17.3. The van der Waals surface area contributed by atoms with Crippen LogP contribution in [-0.2, 0) is 0 Å². The van der Waals surface area contributed by atoms with Crippen LogP contribution in [0, 0.1) is 5.92 Å². The van der Waals surface area contributed by atoms with Gasteiger partial charge in [0.2, 0.25) is 11.7 Å². The molecule has 0 saturated heterocycles. The Balaban J connectivity index is 1.87. The fraction of sp³-hybridized carbons (Fsp3) is 0.400. The van der Waals surface area contributed by atoms with Crippen molar-refractivity contribution in [3.05, 3.63) is 24.5 Å². The van der Waals surface area contributed by atoms with Gasteiger partial charge in [-0.2, -0.15) is 4.98 Å². The van der Waals surface area contributed by atoms with Crippen molar-refractivity contribution in [2.75, 3.05) is 0 Å². The number of hydrogen-bond acceptors (Lipinski definition) is 6. The molecule has 1 atom stereocenters. The smallest absolute Gasteiger partial charge is 0.244 e. The van der Waals surface area contributed by atoms with E-state index in [0.717, 1.165) is 12.8 Å². The Kier molecular flexibility index (Phi) is 2.14. The third kappa shape index (κ3) is 1.67. The van der Waals surface area contributed by atoms with E-state index in [9.17, 15) is 0 Å². The van der Waals surface area contributed by atoms with Gasteiger partial charge in [-0.25, -0.2) is 9.97 Å². The first-order valence-electron chi connectivity index (χ1n) is 5.20. The molecule has 6 nitrogen and oxygen atoms in total. The van der Waals surface area contributed by atoms with E-state index in [4.69, 9.17) is 10.3 Å². The number of hydrogen-bond donors (Lipinski definition) is 1. The van der Waals surface area contributed by atoms with E-state index in [2.05, 4.69) is 20.1 Å². The zero-order valence-electron chi connectivity index (χ0n) is 8.58. The third-order valence-electron chi connectivity index (χ3n) is 2.67. The Hall–Kier alpha value is -1.82. The molecule has 0 spiro atoms. The van der Waals surface area contributed by atoms with Crippen molar-refractivity contribution in [1.29, 1.82) is 0 Å². The van der Waals surface area contributed by atoms with Crippen LogP contribution in [0.15, 0.2) is 23.1 Å². The maximum atomic E-state index is 5.96. The van der Waals surface area contributed by atoms with Crippen LogP contribution in [0.3, 0.4) is 0 Å². The van der Waals surface area contributed by atoms with Crippen molar-refractivity contribution in [1.82, 2.24) is 20.1 Å². The molecule has 1 unspecified atom stereocenters. The van der Waals surface area contributed by atoms with Gasteiger partial charge in [0.15, 0.2) is 0 Å². The minimum atomic E-state index is -0.136. The van der Waals surface area contributed by atoms with Crippen LogP contribution in [0.5, 0.6) is 0 Å². The molecule has 1 fully saturated rings. The van der Waals surface area contributed by atoms with Crippen LogP contribution < -0.4 is 5.73 Å². The Morgan fingerprint density at radius 3 is 3.00 bits per heavy atom. The molecule has 1 aliphatic carbocycles. The molecule has 16 heavy (non-hydrogen) atoms. The van der Waals surface area contributed by atoms with Crippen LogP contribution in [0.1, 0.15) is 24.8 Å². The van der Waals surface area contributed by atoms with Crippen molar-refractivity contribution in [2.24, 2.45) is 11.7 Å². The average Bonchev–Trinajstić information content (AvgIpc) is 3.07. The minimum Gasteiger partial charge on any atom is -0.337 e. The highest BCUT2D eigenvalue weighted by atomic mass is 16.5. The van der Waals surface area contributed by atoms with E-state index in [1.807, 2.05) is 0 Å². The van der Waals surface area contributed by atoms with Gasteiger partial charge in [-0.1, -0.05) is 5.16 Å². The van der Waals surface area contributed by atoms with E-state index in [1.165, 1.54) is 6.33 Å². The summed E-state index contributed by atoms with van der Waals surface area (Å²) in [5.74, 6) is 1.46. The Bertz CT molecular complexity index is 479. The standard InChI is InChI=1S/C10H11N5O/c11-8(6-1-2-6)10-14-9(15-16-10)7-3-4-12-5-13-7/h3-6,8H,1-2,11H2. The van der Waals surface area contributed by atoms with Crippen LogP contribution in [-0.4, -0.2) is 20.1 Å². The summed E-state index contributed by atoms with van der Waals surface area (Å²) in [6, 6.07) is 1.60. The van der Waals surface area contributed by atoms with E-state index in [0.29, 0.717) is 23.3 Å². The molecule has 0 bridgehead atoms. The molecule has 1 aliphatic rings. The van der Waals surface area contributed by atoms with Gasteiger partial charge >= 0.3 is 0 Å². The average molecular weight is 217 g/mol. The number of aromatic nitrogens is 4. The zero-order chi connectivity index (χ0) is 11.0. The second-order valence-corrected chi connectivity index (χ2v) is 3.91. The van der Waals surface area contributed by atoms with Gasteiger partial charge in [0.25, 0.3) is 0 Å². The topological polar surface area (TPSA) is 90.7 Å². The number of nitrogens with zero attached hydrogens (tertiary/aromatic N) is 4. The fourth-order valence-electron chi connectivity index (χ4n) is 1.55. The first-order chi connectivity index (χ1) is 7.84. The third-order valence-corrected chi connectivity index (χ3v) is 2.67. The summed E-state index contributed by atoms with van der Waals surface area (Å²) in [4.78, 5) is 12.1. The fourth-order valence-corrected chi connectivity index (χ4v) is 1.55. The lowest BCUT2D eigenvalue weighted by molar-refractivity contribution is 0.343. The van der Waals surface area contributed by atoms with Crippen LogP contribution in [0.2, 0.25) is 0 Å². The number of nitrogens with two attached hydrogens (primary N) is 1. The summed E-state index contributed by atoms with van der Waals surface area (Å²) >= 11 is 0. The quantitative estimate of drug-likeness (QED) is 0.822. The van der Waals surface area contributed by atoms with Gasteiger partial charge in [0.05, 0.1) is 6.04 Å². The van der Waals surface area contributed by atoms with Gasteiger partial charge in [0.1, 0.15) is 12.0 Å². The molecule has 0 radical (unpaired) electrons. The molecule has 2 aromatic rings. The molecule has 2 N–H and O–H groups in total. The SMILES string of the molecule is NC(c1nc(-c2ccncn2)no1)C1CC1. The summed E-state index contributed by atoms with van der Waals surface area (Å²) < 4.78 is 5.14. The Morgan fingerprint density at radius 1 is 1.44 bits per heavy atom. The van der Waals surface area contributed by atoms with E-state index in [1.54, 1.807) is 12.3 Å². The first kappa shape index (κ1) is 9.41. The Labute approximate surface area is 91.9 Å². The second kappa shape index (κ2) is 3.64. The summed E-state index contributed by atoms with van der Waals surface area (Å²) in [6.45, 7) is 0. The van der Waals surface area contributed by atoms with Gasteiger partial charge in [-0.15, -0.1) is 0 Å². The molecular formula is C10H11N5O. The van der Waals surface area contributed by atoms with E-state index >= 15 is 0 Å².